The number of para-hydroxylation sites is 3. The van der Waals surface area contributed by atoms with Crippen molar-refractivity contribution in [2.45, 2.75) is 6.54 Å². The minimum Gasteiger partial charge on any atom is -0.369 e. The summed E-state index contributed by atoms with van der Waals surface area (Å²) >= 11 is 0. The minimum absolute atomic E-state index is 0.956. The van der Waals surface area contributed by atoms with Gasteiger partial charge in [-0.3, -0.25) is 0 Å². The predicted molar refractivity (Wildman–Crippen MR) is 73.1 cm³/mol. The normalized spacial score (nSPS) is 14.0. The van der Waals surface area contributed by atoms with E-state index in [0.717, 1.165) is 6.54 Å². The highest BCUT2D eigenvalue weighted by atomic mass is 15.2. The quantitative estimate of drug-likeness (QED) is 0.676. The highest BCUT2D eigenvalue weighted by molar-refractivity contribution is 5.80. The first-order valence-electron chi connectivity index (χ1n) is 5.89. The van der Waals surface area contributed by atoms with Gasteiger partial charge in [0.1, 0.15) is 0 Å². The van der Waals surface area contributed by atoms with Crippen LogP contribution in [0.5, 0.6) is 0 Å². The van der Waals surface area contributed by atoms with Crippen LogP contribution in [0, 0.1) is 0 Å². The Balaban J connectivity index is 2.22. The Kier molecular flexibility index (Phi) is 2.29. The van der Waals surface area contributed by atoms with E-state index >= 15 is 0 Å². The van der Waals surface area contributed by atoms with Crippen molar-refractivity contribution in [3.63, 3.8) is 0 Å². The average molecular weight is 224 g/mol. The number of hydrogen-bond donors (Lipinski definition) is 0. The van der Waals surface area contributed by atoms with E-state index in [1.165, 1.54) is 22.6 Å². The molecule has 2 aromatic rings. The Bertz CT molecular complexity index is 548. The summed E-state index contributed by atoms with van der Waals surface area (Å²) < 4.78 is 0. The third kappa shape index (κ3) is 1.57. The van der Waals surface area contributed by atoms with Crippen LogP contribution in [0.3, 0.4) is 0 Å². The number of fused-ring (bicyclic) bond motifs is 2. The minimum atomic E-state index is 0.956. The molecule has 3 rings (SSSR count). The summed E-state index contributed by atoms with van der Waals surface area (Å²) in [6, 6.07) is 17.1. The van der Waals surface area contributed by atoms with Crippen molar-refractivity contribution in [1.29, 1.82) is 0 Å². The van der Waals surface area contributed by atoms with Gasteiger partial charge in [-0.05, 0) is 23.8 Å². The van der Waals surface area contributed by atoms with Crippen molar-refractivity contribution < 1.29 is 0 Å². The molecule has 0 N–H and O–H groups in total. The zero-order valence-electron chi connectivity index (χ0n) is 10.2. The Morgan fingerprint density at radius 1 is 0.765 bits per heavy atom. The molecular formula is C15H16N2. The summed E-state index contributed by atoms with van der Waals surface area (Å²) in [7, 11) is 4.28. The summed E-state index contributed by atoms with van der Waals surface area (Å²) in [5.74, 6) is 0. The monoisotopic (exact) mass is 224 g/mol. The third-order valence-corrected chi connectivity index (χ3v) is 3.41. The fourth-order valence-corrected chi connectivity index (χ4v) is 2.51. The Morgan fingerprint density at radius 3 is 2.12 bits per heavy atom. The number of rotatable bonds is 0. The van der Waals surface area contributed by atoms with Gasteiger partial charge in [-0.15, -0.1) is 0 Å². The van der Waals surface area contributed by atoms with E-state index in [4.69, 9.17) is 0 Å². The molecule has 17 heavy (non-hydrogen) atoms. The molecule has 0 unspecified atom stereocenters. The van der Waals surface area contributed by atoms with Gasteiger partial charge in [-0.25, -0.2) is 0 Å². The van der Waals surface area contributed by atoms with Crippen LogP contribution < -0.4 is 9.80 Å². The molecule has 0 aromatic heterocycles. The molecule has 1 aliphatic heterocycles. The van der Waals surface area contributed by atoms with Crippen LogP contribution in [0.15, 0.2) is 48.5 Å². The third-order valence-electron chi connectivity index (χ3n) is 3.41. The van der Waals surface area contributed by atoms with E-state index in [-0.39, 0.29) is 0 Å². The molecule has 0 fully saturated rings. The van der Waals surface area contributed by atoms with E-state index in [0.29, 0.717) is 0 Å². The first-order chi connectivity index (χ1) is 8.27. The van der Waals surface area contributed by atoms with Gasteiger partial charge in [0, 0.05) is 26.3 Å². The fourth-order valence-electron chi connectivity index (χ4n) is 2.51. The van der Waals surface area contributed by atoms with Gasteiger partial charge in [0.15, 0.2) is 0 Å². The van der Waals surface area contributed by atoms with Gasteiger partial charge in [-0.1, -0.05) is 30.3 Å². The molecule has 0 bridgehead atoms. The van der Waals surface area contributed by atoms with E-state index in [1.807, 2.05) is 0 Å². The highest BCUT2D eigenvalue weighted by Crippen LogP contribution is 2.38. The molecule has 2 nitrogen and oxygen atoms in total. The molecule has 0 radical (unpaired) electrons. The smallest absolute Gasteiger partial charge is 0.0646 e. The van der Waals surface area contributed by atoms with Gasteiger partial charge >= 0.3 is 0 Å². The van der Waals surface area contributed by atoms with Crippen molar-refractivity contribution in [2.75, 3.05) is 23.9 Å². The standard InChI is InChI=1S/C15H16N2/c1-16-11-12-7-3-4-8-13(12)17(2)15-10-6-5-9-14(15)16/h3-10H,11H2,1-2H3. The zero-order chi connectivity index (χ0) is 11.8. The van der Waals surface area contributed by atoms with Crippen molar-refractivity contribution in [1.82, 2.24) is 0 Å². The Hall–Kier alpha value is -1.96. The van der Waals surface area contributed by atoms with E-state index < -0.39 is 0 Å². The van der Waals surface area contributed by atoms with Gasteiger partial charge in [0.25, 0.3) is 0 Å². The summed E-state index contributed by atoms with van der Waals surface area (Å²) in [5, 5.41) is 0. The van der Waals surface area contributed by atoms with Crippen LogP contribution in [-0.2, 0) is 6.54 Å². The van der Waals surface area contributed by atoms with Crippen LogP contribution in [0.1, 0.15) is 5.56 Å². The molecule has 0 saturated heterocycles. The van der Waals surface area contributed by atoms with Crippen molar-refractivity contribution >= 4 is 17.1 Å². The lowest BCUT2D eigenvalue weighted by Crippen LogP contribution is -2.15. The van der Waals surface area contributed by atoms with Crippen molar-refractivity contribution in [2.24, 2.45) is 0 Å². The number of anilines is 3. The number of benzene rings is 2. The van der Waals surface area contributed by atoms with Crippen molar-refractivity contribution in [3.8, 4) is 0 Å². The van der Waals surface area contributed by atoms with Crippen LogP contribution in [-0.4, -0.2) is 14.1 Å². The Labute approximate surface area is 102 Å². The average Bonchev–Trinajstić information content (AvgIpc) is 2.48. The molecule has 0 aliphatic carbocycles. The molecule has 2 heteroatoms. The molecule has 0 saturated carbocycles. The lowest BCUT2D eigenvalue weighted by atomic mass is 10.1. The summed E-state index contributed by atoms with van der Waals surface area (Å²) in [6.45, 7) is 0.956. The second kappa shape index (κ2) is 3.81. The first-order valence-corrected chi connectivity index (χ1v) is 5.89. The van der Waals surface area contributed by atoms with Crippen molar-refractivity contribution in [3.05, 3.63) is 54.1 Å². The Morgan fingerprint density at radius 2 is 1.35 bits per heavy atom. The molecule has 0 spiro atoms. The maximum atomic E-state index is 2.30. The number of nitrogens with zero attached hydrogens (tertiary/aromatic N) is 2. The number of hydrogen-bond acceptors (Lipinski definition) is 2. The lowest BCUT2D eigenvalue weighted by Gasteiger charge is -2.22. The summed E-state index contributed by atoms with van der Waals surface area (Å²) in [5.41, 5.74) is 5.21. The second-order valence-corrected chi connectivity index (χ2v) is 4.53. The van der Waals surface area contributed by atoms with E-state index in [2.05, 4.69) is 72.4 Å². The molecule has 2 aromatic carbocycles. The maximum absolute atomic E-state index is 2.30. The molecule has 1 heterocycles. The van der Waals surface area contributed by atoms with Crippen LogP contribution in [0.25, 0.3) is 0 Å². The van der Waals surface area contributed by atoms with Gasteiger partial charge < -0.3 is 9.80 Å². The van der Waals surface area contributed by atoms with Gasteiger partial charge in [0.05, 0.1) is 11.4 Å². The zero-order valence-corrected chi connectivity index (χ0v) is 10.2. The fraction of sp³-hybridized carbons (Fsp3) is 0.200. The largest absolute Gasteiger partial charge is 0.369 e. The van der Waals surface area contributed by atoms with Crippen LogP contribution >= 0.6 is 0 Å². The van der Waals surface area contributed by atoms with Crippen LogP contribution in [0.2, 0.25) is 0 Å². The predicted octanol–water partition coefficient (Wildman–Crippen LogP) is 3.40. The van der Waals surface area contributed by atoms with E-state index in [1.54, 1.807) is 0 Å². The molecule has 86 valence electrons. The van der Waals surface area contributed by atoms with E-state index in [9.17, 15) is 0 Å². The highest BCUT2D eigenvalue weighted by Gasteiger charge is 2.19. The lowest BCUT2D eigenvalue weighted by molar-refractivity contribution is 0.935. The SMILES string of the molecule is CN1Cc2ccccc2N(C)c2ccccc21. The second-order valence-electron chi connectivity index (χ2n) is 4.53. The summed E-state index contributed by atoms with van der Waals surface area (Å²) in [4.78, 5) is 4.58. The van der Waals surface area contributed by atoms with Crippen LogP contribution in [0.4, 0.5) is 17.1 Å². The molecule has 1 aliphatic rings. The summed E-state index contributed by atoms with van der Waals surface area (Å²) in [6.07, 6.45) is 0. The maximum Gasteiger partial charge on any atom is 0.0646 e. The molecule has 0 amide bonds. The topological polar surface area (TPSA) is 6.48 Å². The van der Waals surface area contributed by atoms with Gasteiger partial charge in [-0.2, -0.15) is 0 Å². The molecular weight excluding hydrogens is 208 g/mol. The first kappa shape index (κ1) is 10.2. The van der Waals surface area contributed by atoms with Gasteiger partial charge in [0.2, 0.25) is 0 Å². The molecule has 0 atom stereocenters.